The Bertz CT molecular complexity index is 1210. The van der Waals surface area contributed by atoms with Gasteiger partial charge in [0.1, 0.15) is 17.9 Å². The molecule has 0 fully saturated rings. The SMILES string of the molecule is O=Cc1cc(Cn2cccn2)cc(N=[N+]=NCCc2c[nH]c3ccc(Cl)cc23)c1. The largest absolute Gasteiger partial charge is 0.361 e. The maximum absolute atomic E-state index is 11.2. The molecule has 0 aliphatic heterocycles. The zero-order chi connectivity index (χ0) is 20.1. The number of aromatic nitrogens is 3. The summed E-state index contributed by atoms with van der Waals surface area (Å²) < 4.78 is 1.78. The Balaban J connectivity index is 1.45. The fourth-order valence-corrected chi connectivity index (χ4v) is 3.33. The third kappa shape index (κ3) is 4.66. The predicted molar refractivity (Wildman–Crippen MR) is 112 cm³/mol. The van der Waals surface area contributed by atoms with Crippen molar-refractivity contribution < 1.29 is 4.79 Å². The van der Waals surface area contributed by atoms with Crippen molar-refractivity contribution in [2.75, 3.05) is 6.54 Å². The number of benzene rings is 2. The molecule has 2 heterocycles. The molecule has 1 N–H and O–H groups in total. The van der Waals surface area contributed by atoms with Crippen LogP contribution in [0.4, 0.5) is 5.69 Å². The number of carbonyl (C=O) groups excluding carboxylic acids is 1. The van der Waals surface area contributed by atoms with Gasteiger partial charge in [0.25, 0.3) is 0 Å². The van der Waals surface area contributed by atoms with E-state index in [9.17, 15) is 4.79 Å². The molecule has 2 aromatic heterocycles. The summed E-state index contributed by atoms with van der Waals surface area (Å²) in [5.74, 6) is 0. The first-order valence-electron chi connectivity index (χ1n) is 9.11. The minimum absolute atomic E-state index is 0.497. The molecule has 8 heteroatoms. The lowest BCUT2D eigenvalue weighted by Crippen LogP contribution is -2.00. The van der Waals surface area contributed by atoms with Gasteiger partial charge in [-0.2, -0.15) is 5.10 Å². The Labute approximate surface area is 171 Å². The number of aromatic amines is 1. The van der Waals surface area contributed by atoms with Crippen LogP contribution in [0.1, 0.15) is 21.5 Å². The van der Waals surface area contributed by atoms with Gasteiger partial charge in [0, 0.05) is 46.5 Å². The first kappa shape index (κ1) is 18.8. The molecule has 7 nitrogen and oxygen atoms in total. The van der Waals surface area contributed by atoms with Crippen LogP contribution in [-0.2, 0) is 13.0 Å². The second-order valence-corrected chi connectivity index (χ2v) is 7.00. The minimum atomic E-state index is 0.497. The van der Waals surface area contributed by atoms with Crippen molar-refractivity contribution in [3.63, 3.8) is 0 Å². The zero-order valence-electron chi connectivity index (χ0n) is 15.5. The Kier molecular flexibility index (Phi) is 5.61. The molecule has 0 atom stereocenters. The van der Waals surface area contributed by atoms with Crippen LogP contribution in [0, 0.1) is 0 Å². The monoisotopic (exact) mass is 405 g/mol. The van der Waals surface area contributed by atoms with E-state index in [0.29, 0.717) is 29.4 Å². The lowest BCUT2D eigenvalue weighted by atomic mass is 10.1. The molecule has 0 saturated heterocycles. The van der Waals surface area contributed by atoms with Crippen LogP contribution in [0.2, 0.25) is 5.02 Å². The van der Waals surface area contributed by atoms with Crippen LogP contribution in [-0.4, -0.2) is 27.6 Å². The van der Waals surface area contributed by atoms with E-state index in [4.69, 9.17) is 11.6 Å². The predicted octanol–water partition coefficient (Wildman–Crippen LogP) is 4.72. The number of halogens is 1. The van der Waals surface area contributed by atoms with Crippen molar-refractivity contribution in [1.29, 1.82) is 0 Å². The molecule has 0 bridgehead atoms. The molecule has 29 heavy (non-hydrogen) atoms. The van der Waals surface area contributed by atoms with E-state index in [-0.39, 0.29) is 0 Å². The normalized spacial score (nSPS) is 10.7. The summed E-state index contributed by atoms with van der Waals surface area (Å²) >= 11 is 6.08. The Morgan fingerprint density at radius 3 is 3.00 bits per heavy atom. The van der Waals surface area contributed by atoms with Crippen LogP contribution in [0.15, 0.2) is 71.3 Å². The van der Waals surface area contributed by atoms with E-state index in [2.05, 4.69) is 25.2 Å². The third-order valence-electron chi connectivity index (χ3n) is 4.47. The Hall–Kier alpha value is -3.54. The van der Waals surface area contributed by atoms with Crippen molar-refractivity contribution in [2.24, 2.45) is 10.2 Å². The summed E-state index contributed by atoms with van der Waals surface area (Å²) in [6.45, 7) is 1.05. The number of carbonyl (C=O) groups is 1. The number of rotatable bonds is 7. The van der Waals surface area contributed by atoms with Gasteiger partial charge in [0.15, 0.2) is 10.8 Å². The summed E-state index contributed by atoms with van der Waals surface area (Å²) in [5, 5.41) is 14.3. The maximum atomic E-state index is 11.2. The zero-order valence-corrected chi connectivity index (χ0v) is 16.3. The molecule has 0 aliphatic carbocycles. The summed E-state index contributed by atoms with van der Waals surface area (Å²) in [5.41, 5.74) is 4.22. The van der Waals surface area contributed by atoms with Crippen LogP contribution >= 0.6 is 11.6 Å². The van der Waals surface area contributed by atoms with Gasteiger partial charge in [-0.05, 0) is 53.6 Å². The highest BCUT2D eigenvalue weighted by Crippen LogP contribution is 2.22. The Morgan fingerprint density at radius 1 is 1.24 bits per heavy atom. The van der Waals surface area contributed by atoms with Crippen molar-refractivity contribution in [2.45, 2.75) is 13.0 Å². The smallest absolute Gasteiger partial charge is 0.222 e. The molecule has 0 amide bonds. The number of aldehydes is 1. The van der Waals surface area contributed by atoms with E-state index < -0.39 is 0 Å². The second-order valence-electron chi connectivity index (χ2n) is 6.56. The van der Waals surface area contributed by atoms with Crippen LogP contribution in [0.25, 0.3) is 10.9 Å². The fourth-order valence-electron chi connectivity index (χ4n) is 3.15. The van der Waals surface area contributed by atoms with Gasteiger partial charge >= 0.3 is 0 Å². The maximum Gasteiger partial charge on any atom is 0.222 e. The molecule has 0 spiro atoms. The van der Waals surface area contributed by atoms with Crippen LogP contribution in [0.3, 0.4) is 0 Å². The molecular formula is C21H18ClN6O+. The van der Waals surface area contributed by atoms with Gasteiger partial charge in [-0.1, -0.05) is 11.6 Å². The van der Waals surface area contributed by atoms with E-state index in [1.807, 2.05) is 48.8 Å². The number of nitrogens with one attached hydrogen (secondary N) is 1. The highest BCUT2D eigenvalue weighted by atomic mass is 35.5. The molecule has 4 aromatic rings. The van der Waals surface area contributed by atoms with Crippen molar-refractivity contribution >= 4 is 34.5 Å². The van der Waals surface area contributed by atoms with Gasteiger partial charge in [-0.15, -0.1) is 0 Å². The fraction of sp³-hybridized carbons (Fsp3) is 0.143. The number of nitrogens with zero attached hydrogens (tertiary/aromatic N) is 5. The van der Waals surface area contributed by atoms with Crippen molar-refractivity contribution in [1.82, 2.24) is 19.7 Å². The average Bonchev–Trinajstić information content (AvgIpc) is 3.37. The average molecular weight is 406 g/mol. The van der Waals surface area contributed by atoms with Crippen LogP contribution < -0.4 is 4.91 Å². The second kappa shape index (κ2) is 8.65. The number of fused-ring (bicyclic) bond motifs is 1. The molecule has 0 aliphatic rings. The van der Waals surface area contributed by atoms with E-state index in [1.165, 1.54) is 0 Å². The van der Waals surface area contributed by atoms with Gasteiger partial charge in [0.05, 0.1) is 6.54 Å². The van der Waals surface area contributed by atoms with Gasteiger partial charge in [-0.25, -0.2) is 0 Å². The molecule has 0 unspecified atom stereocenters. The van der Waals surface area contributed by atoms with E-state index >= 15 is 0 Å². The number of hydrogen-bond acceptors (Lipinski definition) is 4. The summed E-state index contributed by atoms with van der Waals surface area (Å²) in [6, 6.07) is 13.0. The molecule has 2 aromatic carbocycles. The third-order valence-corrected chi connectivity index (χ3v) is 4.71. The molecule has 0 radical (unpaired) electrons. The van der Waals surface area contributed by atoms with Crippen LogP contribution in [0.5, 0.6) is 0 Å². The lowest BCUT2D eigenvalue weighted by Gasteiger charge is -2.02. The Morgan fingerprint density at radius 2 is 2.17 bits per heavy atom. The summed E-state index contributed by atoms with van der Waals surface area (Å²) in [4.78, 5) is 18.4. The molecular weight excluding hydrogens is 388 g/mol. The van der Waals surface area contributed by atoms with Gasteiger partial charge in [0.2, 0.25) is 4.91 Å². The first-order valence-corrected chi connectivity index (χ1v) is 9.48. The van der Waals surface area contributed by atoms with Gasteiger partial charge in [-0.3, -0.25) is 9.48 Å². The number of H-pyrrole nitrogens is 1. The quantitative estimate of drug-likeness (QED) is 0.274. The summed E-state index contributed by atoms with van der Waals surface area (Å²) in [7, 11) is 0. The van der Waals surface area contributed by atoms with E-state index in [1.54, 1.807) is 16.9 Å². The number of hydrogen-bond donors (Lipinski definition) is 1. The summed E-state index contributed by atoms with van der Waals surface area (Å²) in [6.07, 6.45) is 7.05. The molecule has 0 saturated carbocycles. The molecule has 144 valence electrons. The lowest BCUT2D eigenvalue weighted by molar-refractivity contribution is 0.112. The highest BCUT2D eigenvalue weighted by molar-refractivity contribution is 6.31. The standard InChI is InChI=1S/C21H18ClN6O/c22-18-2-3-21-20(11-18)17(12-23-21)4-6-24-27-26-19-9-15(8-16(10-19)14-29)13-28-7-1-5-25-28/h1-3,5,7-12,14,23H,4,6,13H2/q+1. The van der Waals surface area contributed by atoms with Crippen molar-refractivity contribution in [3.05, 3.63) is 82.8 Å². The van der Waals surface area contributed by atoms with Gasteiger partial charge < -0.3 is 4.98 Å². The topological polar surface area (TPSA) is 89.5 Å². The minimum Gasteiger partial charge on any atom is -0.361 e. The van der Waals surface area contributed by atoms with Crippen molar-refractivity contribution in [3.8, 4) is 0 Å². The first-order chi connectivity index (χ1) is 14.2. The molecule has 4 rings (SSSR count). The van der Waals surface area contributed by atoms with E-state index in [0.717, 1.165) is 34.7 Å². The highest BCUT2D eigenvalue weighted by Gasteiger charge is 2.06.